The van der Waals surface area contributed by atoms with Crippen molar-refractivity contribution in [1.29, 1.82) is 0 Å². The Morgan fingerprint density at radius 3 is 2.52 bits per heavy atom. The number of rotatable bonds is 7. The number of ketones is 2. The lowest BCUT2D eigenvalue weighted by Gasteiger charge is -2.43. The van der Waals surface area contributed by atoms with E-state index in [1.807, 2.05) is 0 Å². The third-order valence-corrected chi connectivity index (χ3v) is 7.95. The number of hydroxylamine groups is 1. The molecular formula is C27H39NO5. The Bertz CT molecular complexity index is 870. The number of esters is 1. The van der Waals surface area contributed by atoms with Crippen LogP contribution >= 0.6 is 0 Å². The number of carbonyl (C=O) groups is 3. The summed E-state index contributed by atoms with van der Waals surface area (Å²) in [7, 11) is 0. The number of fused-ring (bicyclic) bond motifs is 1. The Labute approximate surface area is 197 Å². The van der Waals surface area contributed by atoms with E-state index in [-0.39, 0.29) is 22.5 Å². The van der Waals surface area contributed by atoms with Gasteiger partial charge in [-0.3, -0.25) is 9.59 Å². The number of hydrogen-bond acceptors (Lipinski definition) is 5. The second kappa shape index (κ2) is 9.94. The molecule has 6 nitrogen and oxygen atoms in total. The third kappa shape index (κ3) is 5.64. The number of ether oxygens (including phenoxy) is 1. The average Bonchev–Trinajstić information content (AvgIpc) is 2.71. The Morgan fingerprint density at radius 2 is 1.88 bits per heavy atom. The van der Waals surface area contributed by atoms with Crippen molar-refractivity contribution in [1.82, 2.24) is 0 Å². The van der Waals surface area contributed by atoms with Gasteiger partial charge in [0.2, 0.25) is 5.54 Å². The molecule has 0 radical (unpaired) electrons. The summed E-state index contributed by atoms with van der Waals surface area (Å²) in [5.41, 5.74) is -0.406. The van der Waals surface area contributed by atoms with Crippen LogP contribution in [0.2, 0.25) is 0 Å². The normalized spacial score (nSPS) is 34.3. The van der Waals surface area contributed by atoms with Crippen molar-refractivity contribution in [3.8, 4) is 0 Å². The van der Waals surface area contributed by atoms with Gasteiger partial charge in [0.25, 0.3) is 0 Å². The molecule has 3 aliphatic rings. The number of hydrogen-bond donors (Lipinski definition) is 0. The predicted octanol–water partition coefficient (Wildman–Crippen LogP) is 4.65. The van der Waals surface area contributed by atoms with Gasteiger partial charge >= 0.3 is 11.8 Å². The van der Waals surface area contributed by atoms with Gasteiger partial charge in [-0.2, -0.15) is 0 Å². The van der Waals surface area contributed by atoms with Crippen LogP contribution in [-0.4, -0.2) is 40.6 Å². The second-order valence-electron chi connectivity index (χ2n) is 11.2. The molecule has 0 N–H and O–H groups in total. The molecule has 1 unspecified atom stereocenters. The van der Waals surface area contributed by atoms with Crippen molar-refractivity contribution >= 4 is 24.3 Å². The highest BCUT2D eigenvalue weighted by atomic mass is 16.6. The van der Waals surface area contributed by atoms with E-state index in [0.717, 1.165) is 24.8 Å². The van der Waals surface area contributed by atoms with E-state index in [0.29, 0.717) is 42.8 Å². The number of allylic oxidation sites excluding steroid dienone is 3. The minimum absolute atomic E-state index is 0.0147. The number of Topliss-reactive ketones (excluding diaryl/α,β-unsaturated/α-hetero) is 2. The molecule has 0 aliphatic heterocycles. The quantitative estimate of drug-likeness (QED) is 0.139. The molecule has 182 valence electrons. The van der Waals surface area contributed by atoms with E-state index in [9.17, 15) is 19.6 Å². The number of carbonyl (C=O) groups excluding carboxylic acids is 3. The highest BCUT2D eigenvalue weighted by Gasteiger charge is 2.46. The summed E-state index contributed by atoms with van der Waals surface area (Å²) in [6.07, 6.45) is 11.2. The van der Waals surface area contributed by atoms with Crippen LogP contribution in [0.4, 0.5) is 0 Å². The molecule has 0 aromatic heterocycles. The molecule has 0 aromatic carbocycles. The molecular weight excluding hydrogens is 418 g/mol. The van der Waals surface area contributed by atoms with Crippen molar-refractivity contribution in [2.45, 2.75) is 84.8 Å². The fraction of sp³-hybridized carbons (Fsp3) is 0.704. The average molecular weight is 458 g/mol. The molecule has 7 atom stereocenters. The first-order valence-corrected chi connectivity index (χ1v) is 12.3. The van der Waals surface area contributed by atoms with Crippen LogP contribution in [0, 0.1) is 40.7 Å². The largest absolute Gasteiger partial charge is 0.623 e. The van der Waals surface area contributed by atoms with Crippen molar-refractivity contribution < 1.29 is 23.9 Å². The summed E-state index contributed by atoms with van der Waals surface area (Å²) < 4.78 is 6.08. The first kappa shape index (κ1) is 25.4. The standard InChI is InChI=1S/C27H39NO5/c1-16-11-19(15-21(29)13-16)8-10-22-18(3)7-9-20-12-17(2)14-23(24(20)22)33-26(31)25(30)27(4,5)28(6)32/h7,9,12,16-19,22-24H,6,8,10-11,13-15H2,1-5H3/t16-,17+,18+,19-,22?,23+,24+/m1/s1. The Hall–Kier alpha value is -2.24. The van der Waals surface area contributed by atoms with E-state index in [1.165, 1.54) is 13.8 Å². The highest BCUT2D eigenvalue weighted by molar-refractivity contribution is 6.36. The molecule has 0 heterocycles. The van der Waals surface area contributed by atoms with Crippen molar-refractivity contribution in [3.63, 3.8) is 0 Å². The zero-order valence-electron chi connectivity index (χ0n) is 20.7. The third-order valence-electron chi connectivity index (χ3n) is 7.95. The lowest BCUT2D eigenvalue weighted by molar-refractivity contribution is -0.513. The van der Waals surface area contributed by atoms with Crippen LogP contribution in [0.1, 0.15) is 73.1 Å². The Morgan fingerprint density at radius 1 is 1.18 bits per heavy atom. The summed E-state index contributed by atoms with van der Waals surface area (Å²) in [6, 6.07) is 0. The van der Waals surface area contributed by atoms with Crippen LogP contribution in [0.25, 0.3) is 0 Å². The maximum Gasteiger partial charge on any atom is 0.382 e. The molecule has 6 heteroatoms. The van der Waals surface area contributed by atoms with Gasteiger partial charge in [0.15, 0.2) is 0 Å². The highest BCUT2D eigenvalue weighted by Crippen LogP contribution is 2.46. The van der Waals surface area contributed by atoms with Gasteiger partial charge in [-0.05, 0) is 60.8 Å². The van der Waals surface area contributed by atoms with Gasteiger partial charge in [-0.1, -0.05) is 39.0 Å². The molecule has 33 heavy (non-hydrogen) atoms. The topological polar surface area (TPSA) is 86.5 Å². The van der Waals surface area contributed by atoms with Crippen LogP contribution in [0.5, 0.6) is 0 Å². The van der Waals surface area contributed by atoms with E-state index in [2.05, 4.69) is 45.7 Å². The van der Waals surface area contributed by atoms with Gasteiger partial charge in [0.05, 0.1) is 0 Å². The first-order chi connectivity index (χ1) is 15.4. The Balaban J connectivity index is 1.77. The maximum absolute atomic E-state index is 12.8. The molecule has 3 aliphatic carbocycles. The fourth-order valence-corrected chi connectivity index (χ4v) is 5.95. The fourth-order valence-electron chi connectivity index (χ4n) is 5.95. The SMILES string of the molecule is C=[N+]([O-])C(C)(C)C(=O)C(=O)O[C@H]1C[C@@H](C)C=C2C=C[C@H](C)C(CC[C@H]3CC(=O)C[C@H](C)C3)[C@H]21. The van der Waals surface area contributed by atoms with Crippen molar-refractivity contribution in [3.05, 3.63) is 29.0 Å². The molecule has 1 fully saturated rings. The van der Waals surface area contributed by atoms with E-state index >= 15 is 0 Å². The summed E-state index contributed by atoms with van der Waals surface area (Å²) in [5, 5.41) is 11.7. The number of nitrogens with zero attached hydrogens (tertiary/aromatic N) is 1. The van der Waals surface area contributed by atoms with Crippen LogP contribution in [0.15, 0.2) is 23.8 Å². The summed E-state index contributed by atoms with van der Waals surface area (Å²) in [6.45, 7) is 12.4. The lowest BCUT2D eigenvalue weighted by Crippen LogP contribution is -2.48. The van der Waals surface area contributed by atoms with Gasteiger partial charge in [0.1, 0.15) is 18.6 Å². The van der Waals surface area contributed by atoms with E-state index < -0.39 is 23.4 Å². The minimum Gasteiger partial charge on any atom is -0.623 e. The maximum atomic E-state index is 12.8. The second-order valence-corrected chi connectivity index (χ2v) is 11.2. The molecule has 0 aromatic rings. The van der Waals surface area contributed by atoms with E-state index in [1.54, 1.807) is 0 Å². The van der Waals surface area contributed by atoms with Gasteiger partial charge in [0, 0.05) is 32.6 Å². The smallest absolute Gasteiger partial charge is 0.382 e. The van der Waals surface area contributed by atoms with E-state index in [4.69, 9.17) is 4.74 Å². The molecule has 1 saturated carbocycles. The zero-order valence-corrected chi connectivity index (χ0v) is 20.7. The molecule has 3 rings (SSSR count). The zero-order chi connectivity index (χ0) is 24.5. The van der Waals surface area contributed by atoms with Gasteiger partial charge in [-0.25, -0.2) is 9.53 Å². The minimum atomic E-state index is -1.57. The molecule has 0 spiro atoms. The summed E-state index contributed by atoms with van der Waals surface area (Å²) in [5.74, 6) is 0.205. The van der Waals surface area contributed by atoms with Crippen LogP contribution < -0.4 is 0 Å². The van der Waals surface area contributed by atoms with Crippen molar-refractivity contribution in [2.24, 2.45) is 35.5 Å². The van der Waals surface area contributed by atoms with Crippen LogP contribution in [-0.2, 0) is 19.1 Å². The predicted molar refractivity (Wildman–Crippen MR) is 128 cm³/mol. The summed E-state index contributed by atoms with van der Waals surface area (Å²) in [4.78, 5) is 37.5. The van der Waals surface area contributed by atoms with Crippen molar-refractivity contribution in [2.75, 3.05) is 0 Å². The molecule has 0 amide bonds. The molecule has 0 bridgehead atoms. The first-order valence-electron chi connectivity index (χ1n) is 12.3. The van der Waals surface area contributed by atoms with Gasteiger partial charge < -0.3 is 9.94 Å². The monoisotopic (exact) mass is 457 g/mol. The van der Waals surface area contributed by atoms with Gasteiger partial charge in [-0.15, -0.1) is 0 Å². The lowest BCUT2D eigenvalue weighted by atomic mass is 9.64. The molecule has 0 saturated heterocycles. The summed E-state index contributed by atoms with van der Waals surface area (Å²) >= 11 is 0. The van der Waals surface area contributed by atoms with Crippen LogP contribution in [0.3, 0.4) is 0 Å². The Kier molecular flexibility index (Phi) is 7.65.